The number of hydrogen-bond acceptors (Lipinski definition) is 0. The van der Waals surface area contributed by atoms with Crippen LogP contribution in [0.4, 0.5) is 0 Å². The molecule has 0 fully saturated rings. The molecule has 22 heavy (non-hydrogen) atoms. The molecule has 0 aliphatic carbocycles. The van der Waals surface area contributed by atoms with Gasteiger partial charge in [0.05, 0.1) is 0 Å². The molecule has 0 unspecified atom stereocenters. The van der Waals surface area contributed by atoms with E-state index in [1.165, 1.54) is 40.3 Å². The second-order valence-electron chi connectivity index (χ2n) is 5.21. The van der Waals surface area contributed by atoms with Crippen LogP contribution in [0.3, 0.4) is 0 Å². The maximum absolute atomic E-state index is 2.29. The normalized spacial score (nSPS) is 8.86. The Hall–Kier alpha value is -0.357. The fourth-order valence-electron chi connectivity index (χ4n) is 2.37. The van der Waals surface area contributed by atoms with Crippen LogP contribution in [0.1, 0.15) is 30.0 Å². The Kier molecular flexibility index (Phi) is 13.2. The molecule has 0 saturated carbocycles. The molecule has 0 N–H and O–H groups in total. The fraction of sp³-hybridized carbons (Fsp3) is 0.263. The molecule has 3 heteroatoms. The van der Waals surface area contributed by atoms with Gasteiger partial charge in [-0.25, -0.2) is 11.6 Å². The molecule has 116 valence electrons. The number of halogens is 2. The maximum Gasteiger partial charge on any atom is 4.00 e. The molecule has 0 saturated heterocycles. The zero-order valence-corrected chi connectivity index (χ0v) is 17.3. The molecule has 0 spiro atoms. The van der Waals surface area contributed by atoms with Crippen molar-refractivity contribution in [1.82, 2.24) is 0 Å². The number of aryl methyl sites for hydroxylation is 3. The van der Waals surface area contributed by atoms with Crippen molar-refractivity contribution in [2.75, 3.05) is 0 Å². The van der Waals surface area contributed by atoms with E-state index in [1.54, 1.807) is 0 Å². The van der Waals surface area contributed by atoms with E-state index in [0.29, 0.717) is 0 Å². The Balaban J connectivity index is 0. The van der Waals surface area contributed by atoms with E-state index in [4.69, 9.17) is 0 Å². The van der Waals surface area contributed by atoms with Crippen molar-refractivity contribution in [2.24, 2.45) is 0 Å². The first-order valence-corrected chi connectivity index (χ1v) is 7.03. The van der Waals surface area contributed by atoms with Gasteiger partial charge in [0.15, 0.2) is 0 Å². The quantitative estimate of drug-likeness (QED) is 0.500. The zero-order chi connectivity index (χ0) is 13.7. The van der Waals surface area contributed by atoms with Crippen LogP contribution in [0.2, 0.25) is 0 Å². The molecule has 0 heterocycles. The van der Waals surface area contributed by atoms with Gasteiger partial charge in [0.2, 0.25) is 0 Å². The molecule has 0 bridgehead atoms. The van der Waals surface area contributed by atoms with Gasteiger partial charge in [-0.2, -0.15) is 23.8 Å². The molecule has 0 amide bonds. The van der Waals surface area contributed by atoms with Crippen LogP contribution in [0.15, 0.2) is 54.6 Å². The Bertz CT molecular complexity index is 588. The van der Waals surface area contributed by atoms with E-state index >= 15 is 0 Å². The monoisotopic (exact) mass is 410 g/mol. The van der Waals surface area contributed by atoms with Gasteiger partial charge in [-0.15, -0.1) is 40.6 Å². The van der Waals surface area contributed by atoms with E-state index in [2.05, 4.69) is 75.4 Å². The van der Waals surface area contributed by atoms with Crippen LogP contribution in [0.25, 0.3) is 10.8 Å². The van der Waals surface area contributed by atoms with Gasteiger partial charge in [0, 0.05) is 0 Å². The van der Waals surface area contributed by atoms with Gasteiger partial charge < -0.3 is 24.8 Å². The van der Waals surface area contributed by atoms with Crippen molar-refractivity contribution in [1.29, 1.82) is 0 Å². The summed E-state index contributed by atoms with van der Waals surface area (Å²) in [5, 5.41) is 2.75. The first kappa shape index (κ1) is 23.9. The van der Waals surface area contributed by atoms with Crippen molar-refractivity contribution in [3.8, 4) is 0 Å². The summed E-state index contributed by atoms with van der Waals surface area (Å²) in [5.74, 6) is 0. The molecule has 0 nitrogen and oxygen atoms in total. The van der Waals surface area contributed by atoms with Gasteiger partial charge in [-0.05, 0) is 6.42 Å². The maximum atomic E-state index is 2.29. The van der Waals surface area contributed by atoms with Crippen LogP contribution in [0.5, 0.6) is 0 Å². The Morgan fingerprint density at radius 1 is 1.09 bits per heavy atom. The topological polar surface area (TPSA) is 0 Å². The van der Waals surface area contributed by atoms with E-state index in [0.717, 1.165) is 0 Å². The minimum Gasteiger partial charge on any atom is -1.00 e. The number of rotatable bonds is 2. The first-order chi connectivity index (χ1) is 9.19. The van der Waals surface area contributed by atoms with Gasteiger partial charge in [0.1, 0.15) is 0 Å². The second-order valence-corrected chi connectivity index (χ2v) is 5.21. The van der Waals surface area contributed by atoms with Crippen molar-refractivity contribution < 1.29 is 51.0 Å². The molecule has 0 aliphatic heterocycles. The molecule has 0 radical (unpaired) electrons. The summed E-state index contributed by atoms with van der Waals surface area (Å²) in [6, 6.07) is 19.5. The fourth-order valence-corrected chi connectivity index (χ4v) is 2.37. The summed E-state index contributed by atoms with van der Waals surface area (Å²) in [4.78, 5) is 0. The minimum atomic E-state index is 0. The SMILES string of the molecule is CCCc1cc2ccccc2[cH-]1.Cc1cc[c-](C)c1.[Cl-].[Cl-].[Zr+4]. The molecular weight excluding hydrogens is 390 g/mol. The smallest absolute Gasteiger partial charge is 1.00 e. The van der Waals surface area contributed by atoms with Crippen LogP contribution in [-0.2, 0) is 32.6 Å². The molecule has 3 rings (SSSR count). The number of hydrogen-bond donors (Lipinski definition) is 0. The molecule has 0 aliphatic rings. The Morgan fingerprint density at radius 3 is 2.23 bits per heavy atom. The van der Waals surface area contributed by atoms with Crippen LogP contribution in [0, 0.1) is 13.8 Å². The van der Waals surface area contributed by atoms with Crippen molar-refractivity contribution in [3.05, 3.63) is 71.3 Å². The van der Waals surface area contributed by atoms with Gasteiger partial charge >= 0.3 is 26.2 Å². The standard InChI is InChI=1S/C12H13.C7H9.2ClH.Zr/c1-2-5-10-8-11-6-3-4-7-12(11)9-10;1-6-3-4-7(2)5-6;;;/h3-4,6-9H,2,5H2,1H3;3-5H,1-2H3;2*1H;/q2*-1;;;+4/p-2. The molecular formula is C19H22Cl2Zr. The molecule has 3 aromatic carbocycles. The average Bonchev–Trinajstić information content (AvgIpc) is 2.96. The summed E-state index contributed by atoms with van der Waals surface area (Å²) in [5.41, 5.74) is 4.19. The Morgan fingerprint density at radius 2 is 1.77 bits per heavy atom. The van der Waals surface area contributed by atoms with Crippen LogP contribution >= 0.6 is 0 Å². The minimum absolute atomic E-state index is 0. The third-order valence-electron chi connectivity index (χ3n) is 3.28. The van der Waals surface area contributed by atoms with Crippen LogP contribution in [-0.4, -0.2) is 0 Å². The summed E-state index contributed by atoms with van der Waals surface area (Å²) < 4.78 is 0. The number of fused-ring (bicyclic) bond motifs is 1. The van der Waals surface area contributed by atoms with E-state index in [-0.39, 0.29) is 51.0 Å². The molecule has 0 atom stereocenters. The van der Waals surface area contributed by atoms with Crippen molar-refractivity contribution >= 4 is 10.8 Å². The summed E-state index contributed by atoms with van der Waals surface area (Å²) >= 11 is 0. The van der Waals surface area contributed by atoms with Gasteiger partial charge in [-0.3, -0.25) is 0 Å². The first-order valence-electron chi connectivity index (χ1n) is 7.03. The summed E-state index contributed by atoms with van der Waals surface area (Å²) in [6.07, 6.45) is 2.44. The second kappa shape index (κ2) is 12.1. The third-order valence-corrected chi connectivity index (χ3v) is 3.28. The largest absolute Gasteiger partial charge is 4.00 e. The van der Waals surface area contributed by atoms with Gasteiger partial charge in [-0.1, -0.05) is 33.3 Å². The van der Waals surface area contributed by atoms with Crippen molar-refractivity contribution in [2.45, 2.75) is 33.6 Å². The van der Waals surface area contributed by atoms with Crippen LogP contribution < -0.4 is 24.8 Å². The predicted molar refractivity (Wildman–Crippen MR) is 85.0 cm³/mol. The van der Waals surface area contributed by atoms with E-state index in [9.17, 15) is 0 Å². The molecule has 3 aromatic rings. The average molecular weight is 413 g/mol. The summed E-state index contributed by atoms with van der Waals surface area (Å²) in [7, 11) is 0. The molecule has 0 aromatic heterocycles. The Labute approximate surface area is 166 Å². The van der Waals surface area contributed by atoms with E-state index < -0.39 is 0 Å². The van der Waals surface area contributed by atoms with E-state index in [1.807, 2.05) is 0 Å². The third kappa shape index (κ3) is 7.27. The summed E-state index contributed by atoms with van der Waals surface area (Å²) in [6.45, 7) is 6.43. The van der Waals surface area contributed by atoms with Crippen molar-refractivity contribution in [3.63, 3.8) is 0 Å². The zero-order valence-electron chi connectivity index (χ0n) is 13.4. The predicted octanol–water partition coefficient (Wildman–Crippen LogP) is -0.461. The van der Waals surface area contributed by atoms with Gasteiger partial charge in [0.25, 0.3) is 0 Å². The number of benzene rings is 1.